The van der Waals surface area contributed by atoms with Gasteiger partial charge in [-0.2, -0.15) is 0 Å². The van der Waals surface area contributed by atoms with Crippen LogP contribution in [-0.4, -0.2) is 41.0 Å². The Morgan fingerprint density at radius 1 is 1.25 bits per heavy atom. The molecule has 3 heterocycles. The number of allylic oxidation sites excluding steroid dienone is 1. The fraction of sp³-hybridized carbons (Fsp3) is 0.304. The van der Waals surface area contributed by atoms with E-state index < -0.39 is 0 Å². The molecule has 5 heteroatoms. The minimum absolute atomic E-state index is 0.168. The van der Waals surface area contributed by atoms with E-state index >= 15 is 0 Å². The van der Waals surface area contributed by atoms with Crippen molar-refractivity contribution in [1.29, 1.82) is 0 Å². The molecular weight excluding hydrogens is 348 g/mol. The second kappa shape index (κ2) is 7.24. The third kappa shape index (κ3) is 3.22. The van der Waals surface area contributed by atoms with Gasteiger partial charge >= 0.3 is 0 Å². The molecule has 0 radical (unpaired) electrons. The molecule has 0 spiro atoms. The number of pyridine rings is 1. The average molecular weight is 374 g/mol. The fourth-order valence-corrected chi connectivity index (χ4v) is 3.95. The van der Waals surface area contributed by atoms with Crippen molar-refractivity contribution in [3.05, 3.63) is 64.6 Å². The number of hydrogen-bond acceptors (Lipinski definition) is 3. The highest BCUT2D eigenvalue weighted by Gasteiger charge is 2.21. The molecule has 0 saturated carbocycles. The largest absolute Gasteiger partial charge is 0.354 e. The lowest BCUT2D eigenvalue weighted by molar-refractivity contribution is 0.0958. The zero-order valence-electron chi connectivity index (χ0n) is 16.9. The number of rotatable bonds is 3. The number of aromatic nitrogens is 2. The van der Waals surface area contributed by atoms with Crippen LogP contribution >= 0.6 is 0 Å². The third-order valence-corrected chi connectivity index (χ3v) is 5.54. The van der Waals surface area contributed by atoms with Gasteiger partial charge in [-0.3, -0.25) is 9.78 Å². The summed E-state index contributed by atoms with van der Waals surface area (Å²) in [5.41, 5.74) is 7.94. The number of aryl methyl sites for hydroxylation is 1. The Labute approximate surface area is 165 Å². The van der Waals surface area contributed by atoms with Crippen LogP contribution in [0, 0.1) is 6.92 Å². The predicted molar refractivity (Wildman–Crippen MR) is 114 cm³/mol. The summed E-state index contributed by atoms with van der Waals surface area (Å²) in [5, 5.41) is 3.95. The first kappa shape index (κ1) is 18.4. The number of carbonyl (C=O) groups excluding carboxylic acids is 1. The van der Waals surface area contributed by atoms with Crippen molar-refractivity contribution >= 4 is 28.6 Å². The molecule has 1 amide bonds. The highest BCUT2D eigenvalue weighted by atomic mass is 16.1. The van der Waals surface area contributed by atoms with Crippen molar-refractivity contribution in [2.45, 2.75) is 26.8 Å². The summed E-state index contributed by atoms with van der Waals surface area (Å²) >= 11 is 0. The third-order valence-electron chi connectivity index (χ3n) is 5.54. The van der Waals surface area contributed by atoms with Crippen molar-refractivity contribution in [2.24, 2.45) is 0 Å². The zero-order chi connectivity index (χ0) is 19.8. The van der Waals surface area contributed by atoms with Gasteiger partial charge in [-0.1, -0.05) is 17.7 Å². The van der Waals surface area contributed by atoms with E-state index in [1.807, 2.05) is 6.07 Å². The van der Waals surface area contributed by atoms with Crippen LogP contribution in [0.3, 0.4) is 0 Å². The molecule has 0 bridgehead atoms. The molecule has 0 atom stereocenters. The summed E-state index contributed by atoms with van der Waals surface area (Å²) in [6.45, 7) is 6.30. The zero-order valence-corrected chi connectivity index (χ0v) is 16.9. The normalized spacial score (nSPS) is 14.9. The maximum Gasteiger partial charge on any atom is 0.269 e. The number of carbonyl (C=O) groups is 1. The van der Waals surface area contributed by atoms with E-state index in [-0.39, 0.29) is 5.91 Å². The van der Waals surface area contributed by atoms with Gasteiger partial charge in [-0.25, -0.2) is 0 Å². The SMILES string of the molecule is CNC(=O)c1ccc(C(C)=Cn2c3c(c4cc(C)ccc42)CN(C)CC3)cn1. The van der Waals surface area contributed by atoms with Gasteiger partial charge in [0.05, 0.1) is 5.52 Å². The van der Waals surface area contributed by atoms with E-state index in [1.165, 1.54) is 27.7 Å². The lowest BCUT2D eigenvalue weighted by atomic mass is 10.0. The van der Waals surface area contributed by atoms with E-state index in [1.54, 1.807) is 19.3 Å². The van der Waals surface area contributed by atoms with Gasteiger partial charge in [0.15, 0.2) is 0 Å². The standard InChI is InChI=1S/C23H26N4O/c1-15-5-8-21-18(11-15)19-14-26(4)10-9-22(19)27(21)13-16(2)17-6-7-20(25-12-17)23(28)24-3/h5-8,11-13H,9-10,14H2,1-4H3,(H,24,28). The summed E-state index contributed by atoms with van der Waals surface area (Å²) in [6.07, 6.45) is 5.02. The first-order valence-electron chi connectivity index (χ1n) is 9.65. The van der Waals surface area contributed by atoms with Crippen LogP contribution in [0.15, 0.2) is 36.5 Å². The maximum absolute atomic E-state index is 11.7. The molecule has 0 unspecified atom stereocenters. The highest BCUT2D eigenvalue weighted by Crippen LogP contribution is 2.32. The topological polar surface area (TPSA) is 50.2 Å². The van der Waals surface area contributed by atoms with Gasteiger partial charge in [0, 0.05) is 50.0 Å². The first-order valence-corrected chi connectivity index (χ1v) is 9.65. The van der Waals surface area contributed by atoms with Crippen LogP contribution in [0.2, 0.25) is 0 Å². The first-order chi connectivity index (χ1) is 13.5. The Kier molecular flexibility index (Phi) is 4.77. The molecular formula is C23H26N4O. The molecule has 0 fully saturated rings. The molecule has 2 aromatic heterocycles. The highest BCUT2D eigenvalue weighted by molar-refractivity contribution is 5.93. The molecule has 1 aromatic carbocycles. The minimum Gasteiger partial charge on any atom is -0.354 e. The number of likely N-dealkylation sites (N-methyl/N-ethyl adjacent to an activating group) is 1. The van der Waals surface area contributed by atoms with Crippen molar-refractivity contribution in [3.8, 4) is 0 Å². The second-order valence-electron chi connectivity index (χ2n) is 7.63. The Morgan fingerprint density at radius 3 is 2.79 bits per heavy atom. The van der Waals surface area contributed by atoms with Gasteiger partial charge in [0.1, 0.15) is 5.69 Å². The number of nitrogens with zero attached hydrogens (tertiary/aromatic N) is 3. The summed E-state index contributed by atoms with van der Waals surface area (Å²) in [5.74, 6) is -0.168. The maximum atomic E-state index is 11.7. The van der Waals surface area contributed by atoms with Gasteiger partial charge in [0.25, 0.3) is 5.91 Å². The Balaban J connectivity index is 1.79. The number of nitrogens with one attached hydrogen (secondary N) is 1. The lowest BCUT2D eigenvalue weighted by Gasteiger charge is -2.23. The van der Waals surface area contributed by atoms with E-state index in [0.717, 1.165) is 30.6 Å². The van der Waals surface area contributed by atoms with Crippen LogP contribution in [-0.2, 0) is 13.0 Å². The predicted octanol–water partition coefficient (Wildman–Crippen LogP) is 3.71. The summed E-state index contributed by atoms with van der Waals surface area (Å²) in [7, 11) is 3.80. The lowest BCUT2D eigenvalue weighted by Crippen LogP contribution is -2.26. The molecule has 3 aromatic rings. The summed E-state index contributed by atoms with van der Waals surface area (Å²) < 4.78 is 2.35. The number of amides is 1. The van der Waals surface area contributed by atoms with Crippen LogP contribution in [0.1, 0.15) is 39.8 Å². The Morgan fingerprint density at radius 2 is 2.07 bits per heavy atom. The summed E-state index contributed by atoms with van der Waals surface area (Å²) in [6, 6.07) is 10.4. The Bertz CT molecular complexity index is 1080. The molecule has 1 aliphatic heterocycles. The second-order valence-corrected chi connectivity index (χ2v) is 7.63. The van der Waals surface area contributed by atoms with Crippen molar-refractivity contribution in [3.63, 3.8) is 0 Å². The number of hydrogen-bond donors (Lipinski definition) is 1. The van der Waals surface area contributed by atoms with Gasteiger partial charge in [-0.05, 0) is 55.8 Å². The minimum atomic E-state index is -0.168. The van der Waals surface area contributed by atoms with Crippen LogP contribution in [0.25, 0.3) is 22.7 Å². The smallest absolute Gasteiger partial charge is 0.269 e. The number of benzene rings is 1. The van der Waals surface area contributed by atoms with Crippen molar-refractivity contribution in [1.82, 2.24) is 19.8 Å². The molecule has 1 N–H and O–H groups in total. The molecule has 0 aliphatic carbocycles. The van der Waals surface area contributed by atoms with Crippen molar-refractivity contribution < 1.29 is 4.79 Å². The van der Waals surface area contributed by atoms with E-state index in [2.05, 4.69) is 65.1 Å². The molecule has 1 aliphatic rings. The van der Waals surface area contributed by atoms with Crippen LogP contribution in [0.5, 0.6) is 0 Å². The average Bonchev–Trinajstić information content (AvgIpc) is 2.99. The molecule has 4 rings (SSSR count). The molecule has 0 saturated heterocycles. The van der Waals surface area contributed by atoms with Crippen LogP contribution < -0.4 is 5.32 Å². The fourth-order valence-electron chi connectivity index (χ4n) is 3.95. The van der Waals surface area contributed by atoms with Gasteiger partial charge < -0.3 is 14.8 Å². The molecule has 5 nitrogen and oxygen atoms in total. The van der Waals surface area contributed by atoms with Crippen LogP contribution in [0.4, 0.5) is 0 Å². The van der Waals surface area contributed by atoms with Crippen molar-refractivity contribution in [2.75, 3.05) is 20.6 Å². The number of fused-ring (bicyclic) bond motifs is 3. The van der Waals surface area contributed by atoms with Gasteiger partial charge in [0.2, 0.25) is 0 Å². The molecule has 144 valence electrons. The van der Waals surface area contributed by atoms with E-state index in [0.29, 0.717) is 5.69 Å². The Hall–Kier alpha value is -2.92. The van der Waals surface area contributed by atoms with Gasteiger partial charge in [-0.15, -0.1) is 0 Å². The molecule has 28 heavy (non-hydrogen) atoms. The summed E-state index contributed by atoms with van der Waals surface area (Å²) in [4.78, 5) is 18.4. The quantitative estimate of drug-likeness (QED) is 0.760. The van der Waals surface area contributed by atoms with E-state index in [9.17, 15) is 4.79 Å². The monoisotopic (exact) mass is 374 g/mol. The van der Waals surface area contributed by atoms with E-state index in [4.69, 9.17) is 0 Å².